The lowest BCUT2D eigenvalue weighted by atomic mass is 10.2. The summed E-state index contributed by atoms with van der Waals surface area (Å²) in [6.07, 6.45) is 1.15. The number of fused-ring (bicyclic) bond motifs is 1. The molecule has 0 spiro atoms. The van der Waals surface area contributed by atoms with Gasteiger partial charge in [-0.05, 0) is 12.1 Å². The van der Waals surface area contributed by atoms with Gasteiger partial charge in [0.15, 0.2) is 11.5 Å². The lowest BCUT2D eigenvalue weighted by molar-refractivity contribution is -0.135. The van der Waals surface area contributed by atoms with Crippen molar-refractivity contribution in [3.05, 3.63) is 35.6 Å². The number of carbonyl (C=O) groups is 1. The molecule has 0 aliphatic heterocycles. The van der Waals surface area contributed by atoms with E-state index in [-0.39, 0.29) is 17.1 Å². The molecule has 1 N–H and O–H groups in total. The van der Waals surface area contributed by atoms with E-state index in [4.69, 9.17) is 9.68 Å². The van der Waals surface area contributed by atoms with Crippen molar-refractivity contribution in [2.75, 3.05) is 7.11 Å². The molecular weight excluding hydrogens is 234 g/mol. The van der Waals surface area contributed by atoms with Crippen molar-refractivity contribution < 1.29 is 19.1 Å². The van der Waals surface area contributed by atoms with E-state index >= 15 is 0 Å². The number of benzene rings is 1. The van der Waals surface area contributed by atoms with Gasteiger partial charge in [-0.25, -0.2) is 4.79 Å². The molecule has 1 heterocycles. The Kier molecular flexibility index (Phi) is 3.02. The highest BCUT2D eigenvalue weighted by atomic mass is 16.5. The second-order valence-corrected chi connectivity index (χ2v) is 3.47. The predicted molar refractivity (Wildman–Crippen MR) is 63.5 cm³/mol. The normalized spacial score (nSPS) is 11.2. The Balaban J connectivity index is 2.55. The summed E-state index contributed by atoms with van der Waals surface area (Å²) in [4.78, 5) is 11.2. The number of rotatable bonds is 2. The molecule has 90 valence electrons. The molecule has 0 radical (unpaired) electrons. The number of nitrogens with zero attached hydrogens (tertiary/aromatic N) is 1. The van der Waals surface area contributed by atoms with Crippen LogP contribution in [0.5, 0.6) is 5.75 Å². The molecular formula is C13H9NO4. The zero-order valence-corrected chi connectivity index (χ0v) is 9.51. The minimum Gasteiger partial charge on any atom is -0.504 e. The molecule has 2 rings (SSSR count). The van der Waals surface area contributed by atoms with Gasteiger partial charge < -0.3 is 14.3 Å². The first-order valence-electron chi connectivity index (χ1n) is 5.08. The van der Waals surface area contributed by atoms with Crippen LogP contribution in [0.3, 0.4) is 0 Å². The third kappa shape index (κ3) is 1.92. The van der Waals surface area contributed by atoms with Crippen LogP contribution in [0.2, 0.25) is 0 Å². The highest BCUT2D eigenvalue weighted by molar-refractivity contribution is 5.99. The van der Waals surface area contributed by atoms with Gasteiger partial charge in [0.1, 0.15) is 17.2 Å². The van der Waals surface area contributed by atoms with Crippen LogP contribution in [-0.4, -0.2) is 18.2 Å². The van der Waals surface area contributed by atoms with Crippen molar-refractivity contribution in [3.63, 3.8) is 0 Å². The van der Waals surface area contributed by atoms with Crippen LogP contribution >= 0.6 is 0 Å². The highest BCUT2D eigenvalue weighted by Crippen LogP contribution is 2.33. The summed E-state index contributed by atoms with van der Waals surface area (Å²) in [5, 5.41) is 19.2. The Morgan fingerprint density at radius 1 is 1.50 bits per heavy atom. The molecule has 0 unspecified atom stereocenters. The van der Waals surface area contributed by atoms with Crippen molar-refractivity contribution in [1.29, 1.82) is 5.26 Å². The van der Waals surface area contributed by atoms with Gasteiger partial charge in [0.05, 0.1) is 12.5 Å². The average molecular weight is 243 g/mol. The fraction of sp³-hybridized carbons (Fsp3) is 0.0769. The minimum absolute atomic E-state index is 0.0538. The van der Waals surface area contributed by atoms with Crippen LogP contribution in [0, 0.1) is 11.3 Å². The van der Waals surface area contributed by atoms with Gasteiger partial charge >= 0.3 is 5.97 Å². The third-order valence-electron chi connectivity index (χ3n) is 2.40. The van der Waals surface area contributed by atoms with E-state index in [0.29, 0.717) is 11.0 Å². The molecule has 1 aromatic heterocycles. The van der Waals surface area contributed by atoms with Gasteiger partial charge in [-0.2, -0.15) is 5.26 Å². The SMILES string of the molecule is COC(=O)/C(C#N)=C/c1oc2ccccc2c1O. The van der Waals surface area contributed by atoms with Crippen molar-refractivity contribution in [3.8, 4) is 11.8 Å². The lowest BCUT2D eigenvalue weighted by Gasteiger charge is -1.94. The van der Waals surface area contributed by atoms with Crippen LogP contribution < -0.4 is 0 Å². The molecule has 0 saturated carbocycles. The Morgan fingerprint density at radius 3 is 2.83 bits per heavy atom. The van der Waals surface area contributed by atoms with Crippen molar-refractivity contribution in [2.45, 2.75) is 0 Å². The molecule has 5 nitrogen and oxygen atoms in total. The highest BCUT2D eigenvalue weighted by Gasteiger charge is 2.15. The van der Waals surface area contributed by atoms with Crippen molar-refractivity contribution >= 4 is 23.0 Å². The zero-order chi connectivity index (χ0) is 13.1. The molecule has 1 aromatic carbocycles. The zero-order valence-electron chi connectivity index (χ0n) is 9.51. The predicted octanol–water partition coefficient (Wildman–Crippen LogP) is 2.22. The molecule has 0 amide bonds. The summed E-state index contributed by atoms with van der Waals surface area (Å²) in [5.41, 5.74) is 0.232. The number of nitriles is 1. The Bertz CT molecular complexity index is 676. The van der Waals surface area contributed by atoms with E-state index in [0.717, 1.165) is 6.08 Å². The van der Waals surface area contributed by atoms with Gasteiger partial charge in [-0.1, -0.05) is 12.1 Å². The fourth-order valence-electron chi connectivity index (χ4n) is 1.53. The summed E-state index contributed by atoms with van der Waals surface area (Å²) in [6, 6.07) is 8.54. The van der Waals surface area contributed by atoms with Crippen molar-refractivity contribution in [1.82, 2.24) is 0 Å². The van der Waals surface area contributed by atoms with E-state index in [1.54, 1.807) is 30.3 Å². The Labute approximate surface area is 103 Å². The summed E-state index contributed by atoms with van der Waals surface area (Å²) < 4.78 is 9.78. The molecule has 0 fully saturated rings. The number of ether oxygens (including phenoxy) is 1. The summed E-state index contributed by atoms with van der Waals surface area (Å²) in [7, 11) is 1.17. The van der Waals surface area contributed by atoms with Gasteiger partial charge in [0, 0.05) is 6.08 Å². The molecule has 2 aromatic rings. The third-order valence-corrected chi connectivity index (χ3v) is 2.40. The number of aromatic hydroxyl groups is 1. The van der Waals surface area contributed by atoms with Crippen LogP contribution in [-0.2, 0) is 9.53 Å². The molecule has 18 heavy (non-hydrogen) atoms. The molecule has 0 aliphatic rings. The quantitative estimate of drug-likeness (QED) is 0.496. The first kappa shape index (κ1) is 11.7. The first-order chi connectivity index (χ1) is 8.67. The molecule has 0 aliphatic carbocycles. The van der Waals surface area contributed by atoms with E-state index in [9.17, 15) is 9.90 Å². The number of hydrogen-bond acceptors (Lipinski definition) is 5. The van der Waals surface area contributed by atoms with Crippen LogP contribution in [0.25, 0.3) is 17.0 Å². The molecule has 0 bridgehead atoms. The number of para-hydroxylation sites is 1. The van der Waals surface area contributed by atoms with E-state index in [1.807, 2.05) is 0 Å². The summed E-state index contributed by atoms with van der Waals surface area (Å²) in [6.45, 7) is 0. The number of furan rings is 1. The standard InChI is InChI=1S/C13H9NO4/c1-17-13(16)8(7-14)6-11-12(15)9-4-2-3-5-10(9)18-11/h2-6,15H,1H3/b8-6+. The summed E-state index contributed by atoms with van der Waals surface area (Å²) in [5.74, 6) is -0.835. The first-order valence-corrected chi connectivity index (χ1v) is 5.08. The Morgan fingerprint density at radius 2 is 2.22 bits per heavy atom. The molecule has 0 atom stereocenters. The molecule has 5 heteroatoms. The maximum Gasteiger partial charge on any atom is 0.348 e. The Hall–Kier alpha value is -2.74. The smallest absolute Gasteiger partial charge is 0.348 e. The number of methoxy groups -OCH3 is 1. The number of carbonyl (C=O) groups excluding carboxylic acids is 1. The van der Waals surface area contributed by atoms with Crippen LogP contribution in [0.15, 0.2) is 34.3 Å². The monoisotopic (exact) mass is 243 g/mol. The van der Waals surface area contributed by atoms with Crippen LogP contribution in [0.4, 0.5) is 0 Å². The number of esters is 1. The van der Waals surface area contributed by atoms with Crippen LogP contribution in [0.1, 0.15) is 5.76 Å². The van der Waals surface area contributed by atoms with Gasteiger partial charge in [-0.15, -0.1) is 0 Å². The second-order valence-electron chi connectivity index (χ2n) is 3.47. The number of hydrogen-bond donors (Lipinski definition) is 1. The van der Waals surface area contributed by atoms with Gasteiger partial charge in [0.2, 0.25) is 0 Å². The van der Waals surface area contributed by atoms with E-state index in [1.165, 1.54) is 7.11 Å². The second kappa shape index (κ2) is 4.63. The largest absolute Gasteiger partial charge is 0.504 e. The van der Waals surface area contributed by atoms with E-state index in [2.05, 4.69) is 4.74 Å². The van der Waals surface area contributed by atoms with Gasteiger partial charge in [0.25, 0.3) is 0 Å². The van der Waals surface area contributed by atoms with E-state index < -0.39 is 5.97 Å². The fourth-order valence-corrected chi connectivity index (χ4v) is 1.53. The minimum atomic E-state index is -0.780. The molecule has 0 saturated heterocycles. The summed E-state index contributed by atoms with van der Waals surface area (Å²) >= 11 is 0. The van der Waals surface area contributed by atoms with Gasteiger partial charge in [-0.3, -0.25) is 0 Å². The lowest BCUT2D eigenvalue weighted by Crippen LogP contribution is -2.02. The average Bonchev–Trinajstić information content (AvgIpc) is 2.72. The topological polar surface area (TPSA) is 83.5 Å². The van der Waals surface area contributed by atoms with Crippen molar-refractivity contribution in [2.24, 2.45) is 0 Å². The maximum atomic E-state index is 11.2. The maximum absolute atomic E-state index is 11.2.